The summed E-state index contributed by atoms with van der Waals surface area (Å²) in [5.41, 5.74) is 1.68. The van der Waals surface area contributed by atoms with Gasteiger partial charge in [-0.3, -0.25) is 4.79 Å². The molecule has 0 radical (unpaired) electrons. The third-order valence-electron chi connectivity index (χ3n) is 4.19. The molecule has 1 aromatic rings. The van der Waals surface area contributed by atoms with E-state index in [4.69, 9.17) is 4.74 Å². The smallest absolute Gasteiger partial charge is 0.409 e. The summed E-state index contributed by atoms with van der Waals surface area (Å²) >= 11 is 0. The van der Waals surface area contributed by atoms with Gasteiger partial charge in [0.25, 0.3) is 10.2 Å². The molecule has 1 fully saturated rings. The van der Waals surface area contributed by atoms with Gasteiger partial charge < -0.3 is 15.0 Å². The third-order valence-corrected chi connectivity index (χ3v) is 6.12. The van der Waals surface area contributed by atoms with Crippen LogP contribution in [0.5, 0.6) is 0 Å². The van der Waals surface area contributed by atoms with E-state index >= 15 is 0 Å². The van der Waals surface area contributed by atoms with Gasteiger partial charge in [0.05, 0.1) is 13.2 Å². The fourth-order valence-electron chi connectivity index (χ4n) is 2.63. The Hall–Kier alpha value is -2.17. The highest BCUT2D eigenvalue weighted by molar-refractivity contribution is 7.86. The highest BCUT2D eigenvalue weighted by atomic mass is 32.2. The number of benzene rings is 1. The predicted octanol–water partition coefficient (Wildman–Crippen LogP) is 0.884. The van der Waals surface area contributed by atoms with Gasteiger partial charge in [-0.05, 0) is 26.0 Å². The normalized spacial score (nSPS) is 15.6. The molecule has 0 spiro atoms. The van der Waals surface area contributed by atoms with Gasteiger partial charge in [0.1, 0.15) is 0 Å². The molecule has 1 aliphatic heterocycles. The lowest BCUT2D eigenvalue weighted by atomic mass is 10.2. The Labute approximate surface area is 160 Å². The number of hydrogen-bond donors (Lipinski definition) is 1. The maximum Gasteiger partial charge on any atom is 0.409 e. The van der Waals surface area contributed by atoms with Crippen LogP contribution in [0.2, 0.25) is 0 Å². The van der Waals surface area contributed by atoms with Gasteiger partial charge in [-0.1, -0.05) is 17.7 Å². The molecule has 0 aromatic heterocycles. The molecule has 9 nitrogen and oxygen atoms in total. The van der Waals surface area contributed by atoms with E-state index in [-0.39, 0.29) is 39.3 Å². The van der Waals surface area contributed by atoms with Crippen molar-refractivity contribution in [3.63, 3.8) is 0 Å². The van der Waals surface area contributed by atoms with E-state index in [1.54, 1.807) is 19.1 Å². The van der Waals surface area contributed by atoms with Crippen LogP contribution in [0.3, 0.4) is 0 Å². The van der Waals surface area contributed by atoms with Crippen molar-refractivity contribution in [1.82, 2.24) is 13.5 Å². The number of aryl methyl sites for hydroxylation is 1. The Morgan fingerprint density at radius 3 is 2.30 bits per heavy atom. The standard InChI is InChI=1S/C17H26N4O5S/c1-4-26-17(23)20-9-11-21(12-10-20)27(24,25)19(3)13-16(22)18-15-7-5-14(2)6-8-15/h5-8H,4,9-13H2,1-3H3,(H,18,22). The molecule has 0 atom stereocenters. The van der Waals surface area contributed by atoms with Gasteiger partial charge in [-0.25, -0.2) is 4.79 Å². The van der Waals surface area contributed by atoms with Crippen molar-refractivity contribution >= 4 is 27.9 Å². The van der Waals surface area contributed by atoms with Crippen LogP contribution in [0.1, 0.15) is 12.5 Å². The molecule has 0 saturated carbocycles. The molecule has 1 heterocycles. The molecule has 2 amide bonds. The summed E-state index contributed by atoms with van der Waals surface area (Å²) in [6.07, 6.45) is -0.444. The second-order valence-electron chi connectivity index (χ2n) is 6.26. The summed E-state index contributed by atoms with van der Waals surface area (Å²) in [7, 11) is -2.43. The first-order chi connectivity index (χ1) is 12.7. The van der Waals surface area contributed by atoms with Crippen molar-refractivity contribution in [3.05, 3.63) is 29.8 Å². The molecule has 10 heteroatoms. The van der Waals surface area contributed by atoms with Crippen LogP contribution in [0.25, 0.3) is 0 Å². The summed E-state index contributed by atoms with van der Waals surface area (Å²) < 4.78 is 32.5. The highest BCUT2D eigenvalue weighted by Gasteiger charge is 2.32. The van der Waals surface area contributed by atoms with Crippen LogP contribution in [-0.2, 0) is 19.7 Å². The van der Waals surface area contributed by atoms with Crippen LogP contribution in [0, 0.1) is 6.92 Å². The van der Waals surface area contributed by atoms with Crippen molar-refractivity contribution in [2.75, 3.05) is 51.7 Å². The Bertz CT molecular complexity index is 758. The highest BCUT2D eigenvalue weighted by Crippen LogP contribution is 2.13. The van der Waals surface area contributed by atoms with Crippen LogP contribution in [0.4, 0.5) is 10.5 Å². The van der Waals surface area contributed by atoms with Crippen molar-refractivity contribution in [1.29, 1.82) is 0 Å². The largest absolute Gasteiger partial charge is 0.450 e. The summed E-state index contributed by atoms with van der Waals surface area (Å²) in [4.78, 5) is 25.3. The molecule has 0 bridgehead atoms. The van der Waals surface area contributed by atoms with Crippen LogP contribution < -0.4 is 5.32 Å². The van der Waals surface area contributed by atoms with Crippen molar-refractivity contribution in [3.8, 4) is 0 Å². The Morgan fingerprint density at radius 2 is 1.74 bits per heavy atom. The molecular formula is C17H26N4O5S. The fraction of sp³-hybridized carbons (Fsp3) is 0.529. The van der Waals surface area contributed by atoms with Crippen molar-refractivity contribution < 1.29 is 22.7 Å². The van der Waals surface area contributed by atoms with E-state index in [9.17, 15) is 18.0 Å². The summed E-state index contributed by atoms with van der Waals surface area (Å²) in [5.74, 6) is -0.421. The van der Waals surface area contributed by atoms with E-state index in [1.807, 2.05) is 19.1 Å². The maximum absolute atomic E-state index is 12.7. The number of likely N-dealkylation sites (N-methyl/N-ethyl adjacent to an activating group) is 1. The number of rotatable bonds is 6. The first-order valence-corrected chi connectivity index (χ1v) is 10.1. The van der Waals surface area contributed by atoms with E-state index in [0.717, 1.165) is 9.87 Å². The van der Waals surface area contributed by atoms with Crippen LogP contribution >= 0.6 is 0 Å². The maximum atomic E-state index is 12.7. The van der Waals surface area contributed by atoms with Gasteiger partial charge in [0.15, 0.2) is 0 Å². The number of carbonyl (C=O) groups is 2. The van der Waals surface area contributed by atoms with E-state index in [0.29, 0.717) is 5.69 Å². The quantitative estimate of drug-likeness (QED) is 0.767. The topological polar surface area (TPSA) is 99.3 Å². The second-order valence-corrected chi connectivity index (χ2v) is 8.30. The number of amides is 2. The van der Waals surface area contributed by atoms with Gasteiger partial charge >= 0.3 is 6.09 Å². The second kappa shape index (κ2) is 9.16. The zero-order valence-electron chi connectivity index (χ0n) is 15.8. The number of carbonyl (C=O) groups excluding carboxylic acids is 2. The number of nitrogens with one attached hydrogen (secondary N) is 1. The van der Waals surface area contributed by atoms with Gasteiger partial charge in [-0.15, -0.1) is 0 Å². The first-order valence-electron chi connectivity index (χ1n) is 8.73. The molecule has 1 aliphatic rings. The Kier molecular flexibility index (Phi) is 7.17. The van der Waals surface area contributed by atoms with E-state index < -0.39 is 22.2 Å². The lowest BCUT2D eigenvalue weighted by molar-refractivity contribution is -0.116. The summed E-state index contributed by atoms with van der Waals surface area (Å²) in [5, 5.41) is 2.68. The molecule has 0 unspecified atom stereocenters. The lowest BCUT2D eigenvalue weighted by Crippen LogP contribution is -2.54. The zero-order chi connectivity index (χ0) is 20.0. The van der Waals surface area contributed by atoms with E-state index in [1.165, 1.54) is 16.3 Å². The summed E-state index contributed by atoms with van der Waals surface area (Å²) in [6.45, 7) is 4.45. The van der Waals surface area contributed by atoms with Crippen LogP contribution in [-0.4, -0.2) is 80.3 Å². The lowest BCUT2D eigenvalue weighted by Gasteiger charge is -2.35. The minimum Gasteiger partial charge on any atom is -0.450 e. The van der Waals surface area contributed by atoms with Crippen molar-refractivity contribution in [2.24, 2.45) is 0 Å². The molecule has 1 saturated heterocycles. The number of hydrogen-bond acceptors (Lipinski definition) is 5. The monoisotopic (exact) mass is 398 g/mol. The minimum atomic E-state index is -3.79. The minimum absolute atomic E-state index is 0.158. The average molecular weight is 398 g/mol. The molecule has 2 rings (SSSR count). The van der Waals surface area contributed by atoms with Gasteiger partial charge in [-0.2, -0.15) is 17.0 Å². The van der Waals surface area contributed by atoms with Crippen molar-refractivity contribution in [2.45, 2.75) is 13.8 Å². The van der Waals surface area contributed by atoms with Gasteiger partial charge in [0.2, 0.25) is 5.91 Å². The molecule has 150 valence electrons. The molecule has 1 N–H and O–H groups in total. The molecule has 0 aliphatic carbocycles. The number of anilines is 1. The Balaban J connectivity index is 1.89. The van der Waals surface area contributed by atoms with Crippen LogP contribution in [0.15, 0.2) is 24.3 Å². The first kappa shape index (κ1) is 21.1. The summed E-state index contributed by atoms with van der Waals surface area (Å²) in [6, 6.07) is 7.24. The fourth-order valence-corrected chi connectivity index (χ4v) is 3.93. The molecule has 27 heavy (non-hydrogen) atoms. The van der Waals surface area contributed by atoms with Gasteiger partial charge in [0, 0.05) is 38.9 Å². The molecule has 1 aromatic carbocycles. The predicted molar refractivity (Wildman–Crippen MR) is 102 cm³/mol. The number of nitrogens with zero attached hydrogens (tertiary/aromatic N) is 3. The average Bonchev–Trinajstić information content (AvgIpc) is 2.63. The Morgan fingerprint density at radius 1 is 1.15 bits per heavy atom. The molecular weight excluding hydrogens is 372 g/mol. The SMILES string of the molecule is CCOC(=O)N1CCN(S(=O)(=O)N(C)CC(=O)Nc2ccc(C)cc2)CC1. The van der Waals surface area contributed by atoms with E-state index in [2.05, 4.69) is 5.32 Å². The zero-order valence-corrected chi connectivity index (χ0v) is 16.7. The number of piperazine rings is 1. The number of ether oxygens (including phenoxy) is 1. The third kappa shape index (κ3) is 5.65.